The molecule has 0 spiro atoms. The Bertz CT molecular complexity index is 945. The number of nitrogens with zero attached hydrogens (tertiary/aromatic N) is 2. The maximum absolute atomic E-state index is 13.8. The van der Waals surface area contributed by atoms with Crippen molar-refractivity contribution in [1.82, 2.24) is 9.21 Å². The highest BCUT2D eigenvalue weighted by molar-refractivity contribution is 7.88. The number of piperazine rings is 1. The van der Waals surface area contributed by atoms with Crippen molar-refractivity contribution in [2.75, 3.05) is 32.5 Å². The van der Waals surface area contributed by atoms with Crippen LogP contribution in [0, 0.1) is 17.5 Å². The van der Waals surface area contributed by atoms with Crippen LogP contribution in [0.2, 0.25) is 0 Å². The predicted octanol–water partition coefficient (Wildman–Crippen LogP) is 1.18. The van der Waals surface area contributed by atoms with Crippen molar-refractivity contribution in [3.8, 4) is 0 Å². The summed E-state index contributed by atoms with van der Waals surface area (Å²) in [4.78, 5) is 25.8. The fourth-order valence-corrected chi connectivity index (χ4v) is 4.81. The molecule has 2 rings (SSSR count). The standard InChI is InChI=1S/C20H28F3N3O5S/c1-3-31-20(28)5-4-15-12-25(6-7-26(15)32(2,29)30)19(27)10-14(24)8-13-9-17(22)18(23)11-16(13)21/h9,11,14-15H,3-8,10,12,24H2,1-2H3/t14-,15?/m1/s1. The third-order valence-electron chi connectivity index (χ3n) is 5.20. The Morgan fingerprint density at radius 1 is 1.19 bits per heavy atom. The highest BCUT2D eigenvalue weighted by atomic mass is 32.2. The Hall–Kier alpha value is -2.18. The molecule has 1 unspecified atom stereocenters. The molecule has 0 bridgehead atoms. The van der Waals surface area contributed by atoms with Gasteiger partial charge in [-0.25, -0.2) is 21.6 Å². The molecule has 1 amide bonds. The van der Waals surface area contributed by atoms with Gasteiger partial charge in [-0.1, -0.05) is 0 Å². The summed E-state index contributed by atoms with van der Waals surface area (Å²) in [6.07, 6.45) is 0.879. The summed E-state index contributed by atoms with van der Waals surface area (Å²) in [5.41, 5.74) is 5.80. The molecule has 1 aliphatic rings. The van der Waals surface area contributed by atoms with Gasteiger partial charge in [0.15, 0.2) is 11.6 Å². The van der Waals surface area contributed by atoms with Gasteiger partial charge in [-0.15, -0.1) is 0 Å². The van der Waals surface area contributed by atoms with Crippen LogP contribution in [0.3, 0.4) is 0 Å². The topological polar surface area (TPSA) is 110 Å². The van der Waals surface area contributed by atoms with Crippen LogP contribution in [0.25, 0.3) is 0 Å². The van der Waals surface area contributed by atoms with Gasteiger partial charge in [0.25, 0.3) is 0 Å². The smallest absolute Gasteiger partial charge is 0.305 e. The van der Waals surface area contributed by atoms with Gasteiger partial charge in [0.2, 0.25) is 15.9 Å². The lowest BCUT2D eigenvalue weighted by Gasteiger charge is -2.40. The average molecular weight is 480 g/mol. The maximum Gasteiger partial charge on any atom is 0.305 e. The van der Waals surface area contributed by atoms with Gasteiger partial charge in [0, 0.05) is 50.6 Å². The SMILES string of the molecule is CCOC(=O)CCC1CN(C(=O)C[C@H](N)Cc2cc(F)c(F)cc2F)CCN1S(C)(=O)=O. The van der Waals surface area contributed by atoms with Gasteiger partial charge in [-0.2, -0.15) is 4.31 Å². The van der Waals surface area contributed by atoms with Crippen LogP contribution in [0.4, 0.5) is 13.2 Å². The normalized spacial score (nSPS) is 18.4. The molecule has 2 atom stereocenters. The van der Waals surface area contributed by atoms with Crippen LogP contribution < -0.4 is 5.73 Å². The summed E-state index contributed by atoms with van der Waals surface area (Å²) in [5, 5.41) is 0. The number of sulfonamides is 1. The molecule has 1 fully saturated rings. The quantitative estimate of drug-likeness (QED) is 0.421. The number of esters is 1. The molecule has 0 aliphatic carbocycles. The second-order valence-electron chi connectivity index (χ2n) is 7.74. The zero-order valence-corrected chi connectivity index (χ0v) is 18.8. The van der Waals surface area contributed by atoms with Crippen molar-refractivity contribution in [1.29, 1.82) is 0 Å². The minimum atomic E-state index is -3.55. The fraction of sp³-hybridized carbons (Fsp3) is 0.600. The lowest BCUT2D eigenvalue weighted by molar-refractivity contribution is -0.143. The third-order valence-corrected chi connectivity index (χ3v) is 6.54. The van der Waals surface area contributed by atoms with E-state index in [9.17, 15) is 31.2 Å². The maximum atomic E-state index is 13.8. The van der Waals surface area contributed by atoms with Crippen LogP contribution in [0.15, 0.2) is 12.1 Å². The van der Waals surface area contributed by atoms with Gasteiger partial charge >= 0.3 is 5.97 Å². The van der Waals surface area contributed by atoms with Crippen LogP contribution in [-0.4, -0.2) is 74.1 Å². The van der Waals surface area contributed by atoms with E-state index < -0.39 is 45.5 Å². The predicted molar refractivity (Wildman–Crippen MR) is 110 cm³/mol. The summed E-state index contributed by atoms with van der Waals surface area (Å²) in [6.45, 7) is 2.13. The van der Waals surface area contributed by atoms with Gasteiger partial charge < -0.3 is 15.4 Å². The van der Waals surface area contributed by atoms with Crippen molar-refractivity contribution in [2.24, 2.45) is 5.73 Å². The Kier molecular flexibility index (Phi) is 9.05. The van der Waals surface area contributed by atoms with Gasteiger partial charge in [0.05, 0.1) is 12.9 Å². The molecular weight excluding hydrogens is 451 g/mol. The van der Waals surface area contributed by atoms with Crippen LogP contribution in [0.5, 0.6) is 0 Å². The van der Waals surface area contributed by atoms with Gasteiger partial charge in [-0.05, 0) is 31.4 Å². The molecule has 0 aromatic heterocycles. The van der Waals surface area contributed by atoms with E-state index >= 15 is 0 Å². The first-order chi connectivity index (χ1) is 14.9. The molecule has 1 aliphatic heterocycles. The van der Waals surface area contributed by atoms with E-state index in [2.05, 4.69) is 0 Å². The highest BCUT2D eigenvalue weighted by Gasteiger charge is 2.35. The van der Waals surface area contributed by atoms with Crippen molar-refractivity contribution in [3.63, 3.8) is 0 Å². The molecule has 32 heavy (non-hydrogen) atoms. The molecule has 0 saturated carbocycles. The monoisotopic (exact) mass is 479 g/mol. The van der Waals surface area contributed by atoms with E-state index in [1.54, 1.807) is 6.92 Å². The van der Waals surface area contributed by atoms with E-state index in [0.29, 0.717) is 12.1 Å². The average Bonchev–Trinajstić information content (AvgIpc) is 2.69. The molecule has 180 valence electrons. The Balaban J connectivity index is 2.01. The molecule has 1 aromatic rings. The van der Waals surface area contributed by atoms with Crippen molar-refractivity contribution >= 4 is 21.9 Å². The van der Waals surface area contributed by atoms with Gasteiger partial charge in [-0.3, -0.25) is 9.59 Å². The fourth-order valence-electron chi connectivity index (χ4n) is 3.68. The van der Waals surface area contributed by atoms with E-state index in [1.807, 2.05) is 0 Å². The summed E-state index contributed by atoms with van der Waals surface area (Å²) in [6, 6.07) is -0.317. The first-order valence-corrected chi connectivity index (χ1v) is 12.1. The molecule has 1 saturated heterocycles. The number of rotatable bonds is 9. The molecule has 1 aromatic carbocycles. The number of ether oxygens (including phenoxy) is 1. The first kappa shape index (κ1) is 26.1. The summed E-state index contributed by atoms with van der Waals surface area (Å²) in [7, 11) is -3.55. The number of halogens is 3. The van der Waals surface area contributed by atoms with Crippen LogP contribution in [0.1, 0.15) is 31.7 Å². The highest BCUT2D eigenvalue weighted by Crippen LogP contribution is 2.20. The second-order valence-corrected chi connectivity index (χ2v) is 9.67. The zero-order chi connectivity index (χ0) is 24.1. The number of carbonyl (C=O) groups is 2. The number of amides is 1. The molecular formula is C20H28F3N3O5S. The third kappa shape index (κ3) is 7.17. The van der Waals surface area contributed by atoms with E-state index in [0.717, 1.165) is 6.26 Å². The molecule has 12 heteroatoms. The van der Waals surface area contributed by atoms with Crippen LogP contribution >= 0.6 is 0 Å². The Labute approximate surface area is 185 Å². The minimum Gasteiger partial charge on any atom is -0.466 e. The zero-order valence-electron chi connectivity index (χ0n) is 18.0. The van der Waals surface area contributed by atoms with E-state index in [-0.39, 0.29) is 63.4 Å². The van der Waals surface area contributed by atoms with Gasteiger partial charge in [0.1, 0.15) is 5.82 Å². The summed E-state index contributed by atoms with van der Waals surface area (Å²) >= 11 is 0. The molecule has 1 heterocycles. The largest absolute Gasteiger partial charge is 0.466 e. The van der Waals surface area contributed by atoms with Crippen molar-refractivity contribution in [3.05, 3.63) is 35.1 Å². The number of carbonyl (C=O) groups excluding carboxylic acids is 2. The number of hydrogen-bond donors (Lipinski definition) is 1. The Morgan fingerprint density at radius 2 is 1.84 bits per heavy atom. The lowest BCUT2D eigenvalue weighted by Crippen LogP contribution is -2.56. The van der Waals surface area contributed by atoms with Crippen molar-refractivity contribution < 1.29 is 35.9 Å². The second kappa shape index (κ2) is 11.1. The minimum absolute atomic E-state index is 0.00147. The van der Waals surface area contributed by atoms with Crippen molar-refractivity contribution in [2.45, 2.75) is 44.7 Å². The number of hydrogen-bond acceptors (Lipinski definition) is 6. The number of benzene rings is 1. The Morgan fingerprint density at radius 3 is 2.47 bits per heavy atom. The molecule has 0 radical (unpaired) electrons. The first-order valence-electron chi connectivity index (χ1n) is 10.2. The summed E-state index contributed by atoms with van der Waals surface area (Å²) < 4.78 is 70.6. The summed E-state index contributed by atoms with van der Waals surface area (Å²) in [5.74, 6) is -4.31. The van der Waals surface area contributed by atoms with E-state index in [1.165, 1.54) is 9.21 Å². The molecule has 2 N–H and O–H groups in total. The lowest BCUT2D eigenvalue weighted by atomic mass is 10.0. The molecule has 8 nitrogen and oxygen atoms in total. The van der Waals surface area contributed by atoms with Crippen LogP contribution in [-0.2, 0) is 30.8 Å². The van der Waals surface area contributed by atoms with E-state index in [4.69, 9.17) is 10.5 Å². The number of nitrogens with two attached hydrogens (primary N) is 1.